The minimum atomic E-state index is -0.428. The van der Waals surface area contributed by atoms with Crippen LogP contribution < -0.4 is 5.48 Å². The highest BCUT2D eigenvalue weighted by Crippen LogP contribution is 2.34. The standard InChI is InChI=1S/C21H22N4O5/c1-2-29-22-21(26)19-10-9-17(30-19)14-24-13-12-23-11-3-4-18(23)20(24)15-5-7-16(8-6-15)25(27)28/h3-11,20H,2,12-14H2,1H3,(H,22,26). The lowest BCUT2D eigenvalue weighted by Crippen LogP contribution is -2.37. The Labute approximate surface area is 172 Å². The Morgan fingerprint density at radius 1 is 1.23 bits per heavy atom. The fourth-order valence-electron chi connectivity index (χ4n) is 3.73. The molecule has 0 fully saturated rings. The summed E-state index contributed by atoms with van der Waals surface area (Å²) >= 11 is 0. The first-order valence-corrected chi connectivity index (χ1v) is 9.71. The van der Waals surface area contributed by atoms with Gasteiger partial charge in [0, 0.05) is 37.1 Å². The van der Waals surface area contributed by atoms with Crippen LogP contribution in [0.1, 0.15) is 40.5 Å². The molecule has 0 aliphatic carbocycles. The molecule has 0 spiro atoms. The summed E-state index contributed by atoms with van der Waals surface area (Å²) in [7, 11) is 0. The second kappa shape index (κ2) is 8.52. The third kappa shape index (κ3) is 3.98. The summed E-state index contributed by atoms with van der Waals surface area (Å²) < 4.78 is 7.91. The van der Waals surface area contributed by atoms with Crippen molar-refractivity contribution < 1.29 is 19.0 Å². The van der Waals surface area contributed by atoms with E-state index in [1.807, 2.05) is 12.3 Å². The summed E-state index contributed by atoms with van der Waals surface area (Å²) in [4.78, 5) is 29.8. The van der Waals surface area contributed by atoms with Gasteiger partial charge in [-0.05, 0) is 36.8 Å². The van der Waals surface area contributed by atoms with Gasteiger partial charge in [0.1, 0.15) is 5.76 Å². The lowest BCUT2D eigenvalue weighted by molar-refractivity contribution is -0.384. The smallest absolute Gasteiger partial charge is 0.310 e. The van der Waals surface area contributed by atoms with Gasteiger partial charge in [-0.25, -0.2) is 5.48 Å². The van der Waals surface area contributed by atoms with Crippen LogP contribution in [0.2, 0.25) is 0 Å². The number of nitro benzene ring substituents is 1. The summed E-state index contributed by atoms with van der Waals surface area (Å²) in [6.45, 7) is 4.23. The summed E-state index contributed by atoms with van der Waals surface area (Å²) in [5.74, 6) is 0.414. The zero-order valence-corrected chi connectivity index (χ0v) is 16.5. The van der Waals surface area contributed by atoms with Gasteiger partial charge >= 0.3 is 5.91 Å². The van der Waals surface area contributed by atoms with E-state index in [1.54, 1.807) is 31.2 Å². The van der Waals surface area contributed by atoms with Gasteiger partial charge < -0.3 is 8.98 Å². The van der Waals surface area contributed by atoms with Gasteiger partial charge in [-0.3, -0.25) is 24.6 Å². The first-order chi connectivity index (χ1) is 14.6. The van der Waals surface area contributed by atoms with Crippen molar-refractivity contribution in [2.24, 2.45) is 0 Å². The van der Waals surface area contributed by atoms with Gasteiger partial charge in [0.25, 0.3) is 5.69 Å². The molecule has 2 aromatic heterocycles. The number of aromatic nitrogens is 1. The van der Waals surface area contributed by atoms with E-state index in [-0.39, 0.29) is 17.5 Å². The average Bonchev–Trinajstić information content (AvgIpc) is 3.41. The maximum atomic E-state index is 12.0. The third-order valence-corrected chi connectivity index (χ3v) is 5.11. The van der Waals surface area contributed by atoms with Gasteiger partial charge in [-0.1, -0.05) is 12.1 Å². The summed E-state index contributed by atoms with van der Waals surface area (Å²) in [6, 6.07) is 14.0. The van der Waals surface area contributed by atoms with Gasteiger partial charge in [0.2, 0.25) is 0 Å². The summed E-state index contributed by atoms with van der Waals surface area (Å²) in [6.07, 6.45) is 2.04. The number of hydroxylamine groups is 1. The molecular weight excluding hydrogens is 388 g/mol. The highest BCUT2D eigenvalue weighted by Gasteiger charge is 2.30. The van der Waals surface area contributed by atoms with Crippen LogP contribution in [-0.2, 0) is 17.9 Å². The number of nitrogens with zero attached hydrogens (tertiary/aromatic N) is 3. The Bertz CT molecular complexity index is 1040. The maximum Gasteiger partial charge on any atom is 0.310 e. The highest BCUT2D eigenvalue weighted by atomic mass is 16.7. The zero-order chi connectivity index (χ0) is 21.1. The quantitative estimate of drug-likeness (QED) is 0.474. The number of amides is 1. The molecular formula is C21H22N4O5. The van der Waals surface area contributed by atoms with Gasteiger partial charge in [-0.2, -0.15) is 0 Å². The normalized spacial score (nSPS) is 16.2. The van der Waals surface area contributed by atoms with Crippen LogP contribution in [0.4, 0.5) is 5.69 Å². The van der Waals surface area contributed by atoms with Crippen LogP contribution >= 0.6 is 0 Å². The largest absolute Gasteiger partial charge is 0.454 e. The van der Waals surface area contributed by atoms with E-state index >= 15 is 0 Å². The van der Waals surface area contributed by atoms with E-state index in [0.29, 0.717) is 18.9 Å². The summed E-state index contributed by atoms with van der Waals surface area (Å²) in [5.41, 5.74) is 4.45. The van der Waals surface area contributed by atoms with Crippen LogP contribution in [0.25, 0.3) is 0 Å². The number of non-ortho nitro benzene ring substituents is 1. The Hall–Kier alpha value is -3.43. The van der Waals surface area contributed by atoms with Crippen molar-refractivity contribution in [2.75, 3.05) is 13.2 Å². The number of nitrogens with one attached hydrogen (secondary N) is 1. The van der Waals surface area contributed by atoms with Crippen molar-refractivity contribution in [1.82, 2.24) is 14.9 Å². The summed E-state index contributed by atoms with van der Waals surface area (Å²) in [5, 5.41) is 11.0. The molecule has 0 saturated carbocycles. The maximum absolute atomic E-state index is 12.0. The molecule has 1 aliphatic rings. The van der Waals surface area contributed by atoms with Crippen molar-refractivity contribution in [1.29, 1.82) is 0 Å². The fraction of sp³-hybridized carbons (Fsp3) is 0.286. The first kappa shape index (κ1) is 19.9. The van der Waals surface area contributed by atoms with Crippen molar-refractivity contribution in [3.05, 3.63) is 87.6 Å². The molecule has 156 valence electrons. The predicted molar refractivity (Wildman–Crippen MR) is 108 cm³/mol. The topological polar surface area (TPSA) is 103 Å². The Kier molecular flexibility index (Phi) is 5.64. The SMILES string of the molecule is CCONC(=O)c1ccc(CN2CCn3cccc3C2c2ccc([N+](=O)[O-])cc2)o1. The van der Waals surface area contributed by atoms with Gasteiger partial charge in [0.05, 0.1) is 24.1 Å². The van der Waals surface area contributed by atoms with E-state index in [1.165, 1.54) is 12.1 Å². The molecule has 1 unspecified atom stereocenters. The van der Waals surface area contributed by atoms with Crippen molar-refractivity contribution in [3.8, 4) is 0 Å². The molecule has 0 radical (unpaired) electrons. The van der Waals surface area contributed by atoms with Crippen LogP contribution in [0.5, 0.6) is 0 Å². The zero-order valence-electron chi connectivity index (χ0n) is 16.5. The first-order valence-electron chi connectivity index (χ1n) is 9.71. The second-order valence-corrected chi connectivity index (χ2v) is 6.98. The van der Waals surface area contributed by atoms with E-state index < -0.39 is 10.8 Å². The number of carbonyl (C=O) groups excluding carboxylic acids is 1. The Morgan fingerprint density at radius 3 is 2.77 bits per heavy atom. The highest BCUT2D eigenvalue weighted by molar-refractivity contribution is 5.90. The number of hydrogen-bond donors (Lipinski definition) is 1. The Morgan fingerprint density at radius 2 is 2.03 bits per heavy atom. The van der Waals surface area contributed by atoms with Crippen LogP contribution in [-0.4, -0.2) is 33.4 Å². The van der Waals surface area contributed by atoms with E-state index in [9.17, 15) is 14.9 Å². The predicted octanol–water partition coefficient (Wildman–Crippen LogP) is 3.28. The lowest BCUT2D eigenvalue weighted by atomic mass is 9.99. The molecule has 1 aliphatic heterocycles. The number of nitro groups is 1. The molecule has 9 heteroatoms. The molecule has 3 aromatic rings. The number of hydrogen-bond acceptors (Lipinski definition) is 6. The molecule has 3 heterocycles. The number of fused-ring (bicyclic) bond motifs is 1. The molecule has 4 rings (SSSR count). The molecule has 1 amide bonds. The number of carbonyl (C=O) groups is 1. The molecule has 9 nitrogen and oxygen atoms in total. The second-order valence-electron chi connectivity index (χ2n) is 6.98. The third-order valence-electron chi connectivity index (χ3n) is 5.11. The number of rotatable bonds is 7. The van der Waals surface area contributed by atoms with Crippen LogP contribution in [0.3, 0.4) is 0 Å². The minimum Gasteiger partial charge on any atom is -0.454 e. The molecule has 1 aromatic carbocycles. The number of benzene rings is 1. The minimum absolute atomic E-state index is 0.0625. The van der Waals surface area contributed by atoms with Crippen molar-refractivity contribution >= 4 is 11.6 Å². The van der Waals surface area contributed by atoms with E-state index in [0.717, 1.165) is 24.3 Å². The van der Waals surface area contributed by atoms with E-state index in [4.69, 9.17) is 9.25 Å². The monoisotopic (exact) mass is 410 g/mol. The molecule has 0 saturated heterocycles. The lowest BCUT2D eigenvalue weighted by Gasteiger charge is -2.36. The van der Waals surface area contributed by atoms with E-state index in [2.05, 4.69) is 21.0 Å². The Balaban J connectivity index is 1.58. The molecule has 0 bridgehead atoms. The van der Waals surface area contributed by atoms with Crippen LogP contribution in [0, 0.1) is 10.1 Å². The van der Waals surface area contributed by atoms with Gasteiger partial charge in [0.15, 0.2) is 5.76 Å². The molecule has 1 N–H and O–H groups in total. The number of furan rings is 1. The molecule has 1 atom stereocenters. The van der Waals surface area contributed by atoms with Crippen LogP contribution in [0.15, 0.2) is 59.1 Å². The average molecular weight is 410 g/mol. The van der Waals surface area contributed by atoms with Crippen molar-refractivity contribution in [2.45, 2.75) is 26.1 Å². The van der Waals surface area contributed by atoms with Gasteiger partial charge in [-0.15, -0.1) is 0 Å². The van der Waals surface area contributed by atoms with Crippen molar-refractivity contribution in [3.63, 3.8) is 0 Å². The molecule has 30 heavy (non-hydrogen) atoms. The fourth-order valence-corrected chi connectivity index (χ4v) is 3.73.